The van der Waals surface area contributed by atoms with Gasteiger partial charge in [-0.1, -0.05) is 15.9 Å². The summed E-state index contributed by atoms with van der Waals surface area (Å²) in [4.78, 5) is 11.8. The van der Waals surface area contributed by atoms with Gasteiger partial charge in [-0.25, -0.2) is 0 Å². The highest BCUT2D eigenvalue weighted by atomic mass is 79.9. The van der Waals surface area contributed by atoms with Gasteiger partial charge in [0.25, 0.3) is 0 Å². The molecule has 0 radical (unpaired) electrons. The molecule has 16 heavy (non-hydrogen) atoms. The Balaban J connectivity index is 2.96. The Morgan fingerprint density at radius 1 is 1.50 bits per heavy atom. The molecule has 0 heterocycles. The Kier molecular flexibility index (Phi) is 5.85. The van der Waals surface area contributed by atoms with Crippen LogP contribution in [-0.4, -0.2) is 17.7 Å². The van der Waals surface area contributed by atoms with Gasteiger partial charge in [-0.15, -0.1) is 11.6 Å². The van der Waals surface area contributed by atoms with E-state index in [0.717, 1.165) is 11.3 Å². The van der Waals surface area contributed by atoms with E-state index in [9.17, 15) is 4.79 Å². The molecule has 1 aromatic carbocycles. The van der Waals surface area contributed by atoms with Crippen LogP contribution in [0.15, 0.2) is 18.2 Å². The minimum atomic E-state index is 0.107. The molecule has 0 N–H and O–H groups in total. The Bertz CT molecular complexity index is 366. The minimum Gasteiger partial charge on any atom is -0.494 e. The molecule has 0 atom stereocenters. The third-order valence-corrected chi connectivity index (χ3v) is 2.84. The SMILES string of the molecule is CCOc1ccc(C(=O)CCBr)c(CCl)c1. The van der Waals surface area contributed by atoms with Gasteiger partial charge < -0.3 is 4.74 Å². The van der Waals surface area contributed by atoms with Crippen LogP contribution in [0, 0.1) is 0 Å². The van der Waals surface area contributed by atoms with Crippen LogP contribution in [0.25, 0.3) is 0 Å². The molecule has 4 heteroatoms. The van der Waals surface area contributed by atoms with Crippen LogP contribution in [0.1, 0.15) is 29.3 Å². The van der Waals surface area contributed by atoms with E-state index in [0.29, 0.717) is 29.8 Å². The Hall–Kier alpha value is -0.540. The molecule has 0 amide bonds. The molecule has 88 valence electrons. The maximum absolute atomic E-state index is 11.8. The van der Waals surface area contributed by atoms with Crippen molar-refractivity contribution in [3.05, 3.63) is 29.3 Å². The second-order valence-electron chi connectivity index (χ2n) is 3.25. The standard InChI is InChI=1S/C12H14BrClO2/c1-2-16-10-3-4-11(9(7-10)8-14)12(15)5-6-13/h3-4,7H,2,5-6,8H2,1H3. The fourth-order valence-electron chi connectivity index (χ4n) is 1.43. The van der Waals surface area contributed by atoms with Crippen molar-refractivity contribution in [3.63, 3.8) is 0 Å². The van der Waals surface area contributed by atoms with Gasteiger partial charge >= 0.3 is 0 Å². The predicted molar refractivity (Wildman–Crippen MR) is 69.9 cm³/mol. The summed E-state index contributed by atoms with van der Waals surface area (Å²) in [5.41, 5.74) is 1.52. The van der Waals surface area contributed by atoms with Crippen molar-refractivity contribution < 1.29 is 9.53 Å². The maximum Gasteiger partial charge on any atom is 0.164 e. The van der Waals surface area contributed by atoms with E-state index >= 15 is 0 Å². The summed E-state index contributed by atoms with van der Waals surface area (Å²) in [6.45, 7) is 2.53. The highest BCUT2D eigenvalue weighted by molar-refractivity contribution is 9.09. The number of hydrogen-bond donors (Lipinski definition) is 0. The number of rotatable bonds is 6. The average Bonchev–Trinajstić information content (AvgIpc) is 2.29. The zero-order chi connectivity index (χ0) is 12.0. The van der Waals surface area contributed by atoms with Gasteiger partial charge in [-0.3, -0.25) is 4.79 Å². The molecule has 0 aliphatic carbocycles. The zero-order valence-electron chi connectivity index (χ0n) is 9.13. The average molecular weight is 306 g/mol. The lowest BCUT2D eigenvalue weighted by molar-refractivity contribution is 0.0989. The molecular formula is C12H14BrClO2. The van der Waals surface area contributed by atoms with Crippen molar-refractivity contribution in [2.75, 3.05) is 11.9 Å². The maximum atomic E-state index is 11.8. The van der Waals surface area contributed by atoms with Gasteiger partial charge in [0.15, 0.2) is 5.78 Å². The Morgan fingerprint density at radius 3 is 2.81 bits per heavy atom. The van der Waals surface area contributed by atoms with E-state index in [2.05, 4.69) is 15.9 Å². The summed E-state index contributed by atoms with van der Waals surface area (Å²) in [6.07, 6.45) is 0.484. The second kappa shape index (κ2) is 6.92. The Morgan fingerprint density at radius 2 is 2.25 bits per heavy atom. The largest absolute Gasteiger partial charge is 0.494 e. The predicted octanol–water partition coefficient (Wildman–Crippen LogP) is 3.79. The van der Waals surface area contributed by atoms with Crippen LogP contribution < -0.4 is 4.74 Å². The van der Waals surface area contributed by atoms with Crippen LogP contribution in [0.3, 0.4) is 0 Å². The number of ether oxygens (including phenoxy) is 1. The molecule has 1 aromatic rings. The highest BCUT2D eigenvalue weighted by Crippen LogP contribution is 2.21. The first-order valence-electron chi connectivity index (χ1n) is 5.13. The fraction of sp³-hybridized carbons (Fsp3) is 0.417. The lowest BCUT2D eigenvalue weighted by Gasteiger charge is -2.09. The summed E-state index contributed by atoms with van der Waals surface area (Å²) < 4.78 is 5.36. The third kappa shape index (κ3) is 3.49. The van der Waals surface area contributed by atoms with Gasteiger partial charge in [0.1, 0.15) is 5.75 Å². The van der Waals surface area contributed by atoms with Crippen LogP contribution >= 0.6 is 27.5 Å². The van der Waals surface area contributed by atoms with Crippen molar-refractivity contribution in [2.45, 2.75) is 19.2 Å². The van der Waals surface area contributed by atoms with Crippen molar-refractivity contribution in [3.8, 4) is 5.75 Å². The zero-order valence-corrected chi connectivity index (χ0v) is 11.5. The first kappa shape index (κ1) is 13.5. The molecular weight excluding hydrogens is 291 g/mol. The number of Topliss-reactive ketones (excluding diaryl/α,β-unsaturated/α-hetero) is 1. The first-order valence-corrected chi connectivity index (χ1v) is 6.79. The van der Waals surface area contributed by atoms with Gasteiger partial charge in [0.2, 0.25) is 0 Å². The van der Waals surface area contributed by atoms with Crippen molar-refractivity contribution in [2.24, 2.45) is 0 Å². The molecule has 0 fully saturated rings. The molecule has 0 aliphatic rings. The molecule has 0 saturated heterocycles. The molecule has 2 nitrogen and oxygen atoms in total. The summed E-state index contributed by atoms with van der Waals surface area (Å²) >= 11 is 9.08. The third-order valence-electron chi connectivity index (χ3n) is 2.15. The van der Waals surface area contributed by atoms with Crippen LogP contribution in [0.4, 0.5) is 0 Å². The van der Waals surface area contributed by atoms with Crippen LogP contribution in [-0.2, 0) is 5.88 Å². The van der Waals surface area contributed by atoms with E-state index in [4.69, 9.17) is 16.3 Å². The number of carbonyl (C=O) groups is 1. The molecule has 0 bridgehead atoms. The minimum absolute atomic E-state index is 0.107. The second-order valence-corrected chi connectivity index (χ2v) is 4.31. The topological polar surface area (TPSA) is 26.3 Å². The van der Waals surface area contributed by atoms with Crippen LogP contribution in [0.5, 0.6) is 5.75 Å². The smallest absolute Gasteiger partial charge is 0.164 e. The lowest BCUT2D eigenvalue weighted by atomic mass is 10.0. The van der Waals surface area contributed by atoms with E-state index in [1.807, 2.05) is 13.0 Å². The number of alkyl halides is 2. The monoisotopic (exact) mass is 304 g/mol. The molecule has 0 aliphatic heterocycles. The molecule has 1 rings (SSSR count). The highest BCUT2D eigenvalue weighted by Gasteiger charge is 2.11. The van der Waals surface area contributed by atoms with E-state index < -0.39 is 0 Å². The van der Waals surface area contributed by atoms with Crippen molar-refractivity contribution >= 4 is 33.3 Å². The quantitative estimate of drug-likeness (QED) is 0.590. The van der Waals surface area contributed by atoms with E-state index in [1.54, 1.807) is 12.1 Å². The number of benzene rings is 1. The van der Waals surface area contributed by atoms with Crippen LogP contribution in [0.2, 0.25) is 0 Å². The van der Waals surface area contributed by atoms with Gasteiger partial charge in [0, 0.05) is 23.2 Å². The van der Waals surface area contributed by atoms with Gasteiger partial charge in [-0.05, 0) is 30.7 Å². The molecule has 0 spiro atoms. The van der Waals surface area contributed by atoms with Gasteiger partial charge in [0.05, 0.1) is 6.61 Å². The Labute approximate surface area is 109 Å². The van der Waals surface area contributed by atoms with Gasteiger partial charge in [-0.2, -0.15) is 0 Å². The van der Waals surface area contributed by atoms with E-state index in [1.165, 1.54) is 0 Å². The van der Waals surface area contributed by atoms with Crippen molar-refractivity contribution in [1.82, 2.24) is 0 Å². The molecule has 0 saturated carbocycles. The van der Waals surface area contributed by atoms with Crippen molar-refractivity contribution in [1.29, 1.82) is 0 Å². The number of halogens is 2. The first-order chi connectivity index (χ1) is 7.72. The number of hydrogen-bond acceptors (Lipinski definition) is 2. The fourth-order valence-corrected chi connectivity index (χ4v) is 2.01. The summed E-state index contributed by atoms with van der Waals surface area (Å²) in [5.74, 6) is 1.19. The lowest BCUT2D eigenvalue weighted by Crippen LogP contribution is -2.04. The molecule has 0 aromatic heterocycles. The molecule has 0 unspecified atom stereocenters. The summed E-state index contributed by atoms with van der Waals surface area (Å²) in [6, 6.07) is 5.42. The normalized spacial score (nSPS) is 10.2. The van der Waals surface area contributed by atoms with E-state index in [-0.39, 0.29) is 5.78 Å². The summed E-state index contributed by atoms with van der Waals surface area (Å²) in [5, 5.41) is 0.667. The summed E-state index contributed by atoms with van der Waals surface area (Å²) in [7, 11) is 0. The number of carbonyl (C=O) groups excluding carboxylic acids is 1. The number of ketones is 1.